The normalized spacial score (nSPS) is 18.7. The molecular weight excluding hydrogens is 266 g/mol. The van der Waals surface area contributed by atoms with Gasteiger partial charge in [0.25, 0.3) is 0 Å². The summed E-state index contributed by atoms with van der Waals surface area (Å²) in [4.78, 5) is 2.33. The molecular formula is C17H27NO3. The number of methoxy groups -OCH3 is 2. The molecule has 1 aromatic rings. The molecule has 0 radical (unpaired) electrons. The molecule has 0 spiro atoms. The van der Waals surface area contributed by atoms with E-state index in [1.807, 2.05) is 25.1 Å². The molecule has 0 saturated carbocycles. The summed E-state index contributed by atoms with van der Waals surface area (Å²) in [6.07, 6.45) is 1.79. The third kappa shape index (κ3) is 4.43. The Labute approximate surface area is 127 Å². The molecule has 1 N–H and O–H groups in total. The number of β-amino-alcohol motifs (C(OH)–C–C–N with tert-alkyl or cyclic N) is 1. The summed E-state index contributed by atoms with van der Waals surface area (Å²) < 4.78 is 10.6. The van der Waals surface area contributed by atoms with Gasteiger partial charge in [-0.3, -0.25) is 0 Å². The van der Waals surface area contributed by atoms with Gasteiger partial charge in [-0.15, -0.1) is 0 Å². The Morgan fingerprint density at radius 3 is 2.62 bits per heavy atom. The van der Waals surface area contributed by atoms with Crippen LogP contribution in [0.1, 0.15) is 30.1 Å². The maximum Gasteiger partial charge on any atom is 0.124 e. The van der Waals surface area contributed by atoms with Crippen molar-refractivity contribution in [2.45, 2.75) is 25.9 Å². The molecule has 0 bridgehead atoms. The number of nitrogens with zero attached hydrogens (tertiary/aromatic N) is 1. The summed E-state index contributed by atoms with van der Waals surface area (Å²) in [6, 6.07) is 5.95. The van der Waals surface area contributed by atoms with Crippen LogP contribution in [0.4, 0.5) is 0 Å². The van der Waals surface area contributed by atoms with Crippen LogP contribution >= 0.6 is 0 Å². The van der Waals surface area contributed by atoms with Crippen LogP contribution in [-0.2, 0) is 4.74 Å². The average Bonchev–Trinajstić information content (AvgIpc) is 2.49. The molecule has 1 aromatic carbocycles. The van der Waals surface area contributed by atoms with Gasteiger partial charge in [-0.1, -0.05) is 11.6 Å². The quantitative estimate of drug-likeness (QED) is 0.874. The van der Waals surface area contributed by atoms with E-state index in [0.29, 0.717) is 12.5 Å². The molecule has 2 rings (SSSR count). The minimum Gasteiger partial charge on any atom is -0.496 e. The monoisotopic (exact) mass is 293 g/mol. The first-order valence-electron chi connectivity index (χ1n) is 7.68. The predicted molar refractivity (Wildman–Crippen MR) is 83.7 cm³/mol. The largest absolute Gasteiger partial charge is 0.496 e. The molecule has 0 aliphatic carbocycles. The van der Waals surface area contributed by atoms with Crippen LogP contribution in [0.3, 0.4) is 0 Å². The maximum atomic E-state index is 10.5. The zero-order valence-electron chi connectivity index (χ0n) is 13.3. The zero-order valence-corrected chi connectivity index (χ0v) is 13.3. The molecule has 4 nitrogen and oxygen atoms in total. The van der Waals surface area contributed by atoms with Crippen molar-refractivity contribution in [3.05, 3.63) is 29.3 Å². The van der Waals surface area contributed by atoms with Crippen LogP contribution in [-0.4, -0.2) is 50.5 Å². The number of piperidine rings is 1. The van der Waals surface area contributed by atoms with Gasteiger partial charge in [0.15, 0.2) is 0 Å². The lowest BCUT2D eigenvalue weighted by Crippen LogP contribution is -2.37. The lowest BCUT2D eigenvalue weighted by Gasteiger charge is -2.33. The summed E-state index contributed by atoms with van der Waals surface area (Å²) in [5.74, 6) is 1.43. The summed E-state index contributed by atoms with van der Waals surface area (Å²) in [5, 5.41) is 10.5. The Hall–Kier alpha value is -1.10. The highest BCUT2D eigenvalue weighted by molar-refractivity contribution is 5.38. The molecule has 1 atom stereocenters. The Morgan fingerprint density at radius 1 is 1.29 bits per heavy atom. The van der Waals surface area contributed by atoms with Gasteiger partial charge in [-0.2, -0.15) is 0 Å². The van der Waals surface area contributed by atoms with Crippen LogP contribution < -0.4 is 4.74 Å². The third-order valence-corrected chi connectivity index (χ3v) is 4.28. The van der Waals surface area contributed by atoms with Crippen molar-refractivity contribution in [3.8, 4) is 5.75 Å². The van der Waals surface area contributed by atoms with Crippen molar-refractivity contribution in [2.24, 2.45) is 5.92 Å². The summed E-state index contributed by atoms with van der Waals surface area (Å²) in [6.45, 7) is 5.60. The van der Waals surface area contributed by atoms with Crippen LogP contribution in [0.5, 0.6) is 5.75 Å². The second-order valence-corrected chi connectivity index (χ2v) is 5.96. The highest BCUT2D eigenvalue weighted by Gasteiger charge is 2.22. The van der Waals surface area contributed by atoms with Crippen LogP contribution in [0.25, 0.3) is 0 Å². The van der Waals surface area contributed by atoms with Gasteiger partial charge < -0.3 is 19.5 Å². The van der Waals surface area contributed by atoms with Gasteiger partial charge in [0, 0.05) is 25.8 Å². The van der Waals surface area contributed by atoms with E-state index in [-0.39, 0.29) is 0 Å². The molecule has 1 saturated heterocycles. The summed E-state index contributed by atoms with van der Waals surface area (Å²) in [7, 11) is 3.41. The summed E-state index contributed by atoms with van der Waals surface area (Å²) >= 11 is 0. The number of rotatable bonds is 6. The highest BCUT2D eigenvalue weighted by Crippen LogP contribution is 2.28. The minimum atomic E-state index is -0.501. The van der Waals surface area contributed by atoms with Crippen LogP contribution in [0.15, 0.2) is 18.2 Å². The van der Waals surface area contributed by atoms with Crippen LogP contribution in [0.2, 0.25) is 0 Å². The van der Waals surface area contributed by atoms with Gasteiger partial charge in [0.05, 0.1) is 13.2 Å². The van der Waals surface area contributed by atoms with Gasteiger partial charge >= 0.3 is 0 Å². The van der Waals surface area contributed by atoms with E-state index in [9.17, 15) is 5.11 Å². The average molecular weight is 293 g/mol. The van der Waals surface area contributed by atoms with E-state index in [1.54, 1.807) is 14.2 Å². The fraction of sp³-hybridized carbons (Fsp3) is 0.647. The van der Waals surface area contributed by atoms with E-state index in [2.05, 4.69) is 4.90 Å². The SMILES string of the molecule is COCC1CCN(CC(O)c2cc(C)ccc2OC)CC1. The van der Waals surface area contributed by atoms with E-state index in [4.69, 9.17) is 9.47 Å². The van der Waals surface area contributed by atoms with Gasteiger partial charge in [0.1, 0.15) is 5.75 Å². The van der Waals surface area contributed by atoms with Crippen LogP contribution in [0, 0.1) is 12.8 Å². The van der Waals surface area contributed by atoms with E-state index < -0.39 is 6.10 Å². The van der Waals surface area contributed by atoms with E-state index in [0.717, 1.165) is 49.4 Å². The number of aliphatic hydroxyl groups is 1. The van der Waals surface area contributed by atoms with Crippen molar-refractivity contribution in [1.82, 2.24) is 4.90 Å². The van der Waals surface area contributed by atoms with Crippen molar-refractivity contribution < 1.29 is 14.6 Å². The molecule has 0 aromatic heterocycles. The molecule has 1 heterocycles. The smallest absolute Gasteiger partial charge is 0.124 e. The Balaban J connectivity index is 1.93. The molecule has 1 fully saturated rings. The topological polar surface area (TPSA) is 41.9 Å². The lowest BCUT2D eigenvalue weighted by molar-refractivity contribution is 0.0648. The highest BCUT2D eigenvalue weighted by atomic mass is 16.5. The van der Waals surface area contributed by atoms with Gasteiger partial charge in [0.2, 0.25) is 0 Å². The number of hydrogen-bond donors (Lipinski definition) is 1. The minimum absolute atomic E-state index is 0.501. The first-order valence-corrected chi connectivity index (χ1v) is 7.68. The molecule has 21 heavy (non-hydrogen) atoms. The second-order valence-electron chi connectivity index (χ2n) is 5.96. The van der Waals surface area contributed by atoms with Gasteiger partial charge in [-0.25, -0.2) is 0 Å². The fourth-order valence-corrected chi connectivity index (χ4v) is 3.03. The molecule has 1 unspecified atom stereocenters. The molecule has 1 aliphatic heterocycles. The van der Waals surface area contributed by atoms with E-state index >= 15 is 0 Å². The Bertz CT molecular complexity index is 442. The first-order chi connectivity index (χ1) is 10.1. The maximum absolute atomic E-state index is 10.5. The third-order valence-electron chi connectivity index (χ3n) is 4.28. The van der Waals surface area contributed by atoms with Crippen molar-refractivity contribution >= 4 is 0 Å². The predicted octanol–water partition coefficient (Wildman–Crippen LogP) is 2.40. The van der Waals surface area contributed by atoms with Crippen molar-refractivity contribution in [2.75, 3.05) is 40.5 Å². The number of likely N-dealkylation sites (tertiary alicyclic amines) is 1. The second kappa shape index (κ2) is 7.78. The van der Waals surface area contributed by atoms with Gasteiger partial charge in [-0.05, 0) is 50.9 Å². The lowest BCUT2D eigenvalue weighted by atomic mass is 9.97. The molecule has 118 valence electrons. The number of ether oxygens (including phenoxy) is 2. The standard InChI is InChI=1S/C17H27NO3/c1-13-4-5-17(21-3)15(10-13)16(19)11-18-8-6-14(7-9-18)12-20-2/h4-5,10,14,16,19H,6-9,11-12H2,1-3H3. The number of hydrogen-bond acceptors (Lipinski definition) is 4. The Kier molecular flexibility index (Phi) is 6.03. The number of benzene rings is 1. The van der Waals surface area contributed by atoms with E-state index in [1.165, 1.54) is 0 Å². The molecule has 1 aliphatic rings. The first kappa shape index (κ1) is 16.3. The fourth-order valence-electron chi connectivity index (χ4n) is 3.03. The van der Waals surface area contributed by atoms with Crippen molar-refractivity contribution in [1.29, 1.82) is 0 Å². The number of aryl methyl sites for hydroxylation is 1. The number of aliphatic hydroxyl groups excluding tert-OH is 1. The zero-order chi connectivity index (χ0) is 15.2. The molecule has 0 amide bonds. The molecule has 4 heteroatoms. The summed E-state index contributed by atoms with van der Waals surface area (Å²) in [5.41, 5.74) is 2.03. The van der Waals surface area contributed by atoms with Crippen molar-refractivity contribution in [3.63, 3.8) is 0 Å². The Morgan fingerprint density at radius 2 is 2.00 bits per heavy atom.